The summed E-state index contributed by atoms with van der Waals surface area (Å²) in [6.45, 7) is 7.21. The fourth-order valence-electron chi connectivity index (χ4n) is 2.79. The fraction of sp³-hybridized carbons (Fsp3) is 0.533. The maximum absolute atomic E-state index is 12.4. The van der Waals surface area contributed by atoms with Gasteiger partial charge in [-0.15, -0.1) is 0 Å². The van der Waals surface area contributed by atoms with E-state index in [9.17, 15) is 9.59 Å². The van der Waals surface area contributed by atoms with Gasteiger partial charge in [0.2, 0.25) is 5.78 Å². The van der Waals surface area contributed by atoms with Crippen LogP contribution >= 0.6 is 0 Å². The van der Waals surface area contributed by atoms with Crippen LogP contribution in [0.5, 0.6) is 0 Å². The molecular weight excluding hydrogens is 282 g/mol. The van der Waals surface area contributed by atoms with E-state index in [2.05, 4.69) is 23.4 Å². The SMILES string of the molecule is Cc1cn2c3c(=O)n(C)c(=O)n(C)c3nc2n1CCC(C)C. The first kappa shape index (κ1) is 14.6. The number of aromatic nitrogens is 5. The van der Waals surface area contributed by atoms with Crippen molar-refractivity contribution in [3.05, 3.63) is 32.7 Å². The predicted molar refractivity (Wildman–Crippen MR) is 85.4 cm³/mol. The summed E-state index contributed by atoms with van der Waals surface area (Å²) in [4.78, 5) is 29.0. The number of nitrogens with zero attached hydrogens (tertiary/aromatic N) is 5. The first-order valence-electron chi connectivity index (χ1n) is 7.46. The van der Waals surface area contributed by atoms with Gasteiger partial charge in [0.25, 0.3) is 5.56 Å². The van der Waals surface area contributed by atoms with E-state index in [1.165, 1.54) is 11.6 Å². The molecule has 0 aliphatic rings. The van der Waals surface area contributed by atoms with E-state index in [1.54, 1.807) is 11.4 Å². The standard InChI is InChI=1S/C15H21N5O2/c1-9(2)6-7-19-10(3)8-20-11-12(16-14(19)20)17(4)15(22)18(5)13(11)21/h8-9H,6-7H2,1-5H3. The van der Waals surface area contributed by atoms with Crippen molar-refractivity contribution in [1.82, 2.24) is 23.1 Å². The molecule has 0 bridgehead atoms. The van der Waals surface area contributed by atoms with Crippen LogP contribution in [0.1, 0.15) is 26.0 Å². The van der Waals surface area contributed by atoms with E-state index >= 15 is 0 Å². The van der Waals surface area contributed by atoms with Crippen LogP contribution in [-0.2, 0) is 20.6 Å². The smallest absolute Gasteiger partial charge is 0.314 e. The van der Waals surface area contributed by atoms with E-state index < -0.39 is 0 Å². The summed E-state index contributed by atoms with van der Waals surface area (Å²) in [7, 11) is 3.13. The minimum Gasteiger partial charge on any atom is -0.314 e. The third kappa shape index (κ3) is 1.92. The molecule has 0 aromatic carbocycles. The van der Waals surface area contributed by atoms with Gasteiger partial charge < -0.3 is 4.57 Å². The lowest BCUT2D eigenvalue weighted by Crippen LogP contribution is -2.37. The van der Waals surface area contributed by atoms with Gasteiger partial charge in [-0.05, 0) is 19.3 Å². The highest BCUT2D eigenvalue weighted by molar-refractivity contribution is 5.75. The van der Waals surface area contributed by atoms with Gasteiger partial charge >= 0.3 is 5.69 Å². The highest BCUT2D eigenvalue weighted by Gasteiger charge is 2.18. The zero-order valence-corrected chi connectivity index (χ0v) is 13.6. The molecular formula is C15H21N5O2. The van der Waals surface area contributed by atoms with Gasteiger partial charge in [-0.1, -0.05) is 13.8 Å². The van der Waals surface area contributed by atoms with E-state index in [-0.39, 0.29) is 11.2 Å². The highest BCUT2D eigenvalue weighted by atomic mass is 16.2. The van der Waals surface area contributed by atoms with Crippen molar-refractivity contribution in [2.45, 2.75) is 33.7 Å². The molecule has 0 unspecified atom stereocenters. The Balaban J connectivity index is 2.37. The number of fused-ring (bicyclic) bond motifs is 3. The molecule has 0 atom stereocenters. The van der Waals surface area contributed by atoms with Crippen molar-refractivity contribution in [2.75, 3.05) is 0 Å². The molecule has 0 fully saturated rings. The van der Waals surface area contributed by atoms with Crippen molar-refractivity contribution in [1.29, 1.82) is 0 Å². The second-order valence-corrected chi connectivity index (χ2v) is 6.26. The van der Waals surface area contributed by atoms with Crippen LogP contribution in [0, 0.1) is 12.8 Å². The van der Waals surface area contributed by atoms with Crippen LogP contribution < -0.4 is 11.2 Å². The lowest BCUT2D eigenvalue weighted by atomic mass is 10.1. The molecule has 3 rings (SSSR count). The third-order valence-electron chi connectivity index (χ3n) is 4.19. The van der Waals surface area contributed by atoms with Crippen molar-refractivity contribution in [3.8, 4) is 0 Å². The molecule has 0 aliphatic heterocycles. The molecule has 3 aromatic rings. The Morgan fingerprint density at radius 2 is 1.86 bits per heavy atom. The van der Waals surface area contributed by atoms with Gasteiger partial charge in [-0.3, -0.25) is 18.3 Å². The third-order valence-corrected chi connectivity index (χ3v) is 4.19. The Labute approximate surface area is 127 Å². The number of imidazole rings is 2. The van der Waals surface area contributed by atoms with Crippen LogP contribution in [0.25, 0.3) is 16.9 Å². The Hall–Kier alpha value is -2.31. The van der Waals surface area contributed by atoms with Gasteiger partial charge in [0.1, 0.15) is 0 Å². The number of hydrogen-bond donors (Lipinski definition) is 0. The first-order valence-corrected chi connectivity index (χ1v) is 7.46. The largest absolute Gasteiger partial charge is 0.332 e. The molecule has 118 valence electrons. The Bertz CT molecular complexity index is 984. The number of rotatable bonds is 3. The van der Waals surface area contributed by atoms with Crippen molar-refractivity contribution >= 4 is 16.9 Å². The van der Waals surface area contributed by atoms with Crippen molar-refractivity contribution < 1.29 is 0 Å². The van der Waals surface area contributed by atoms with Gasteiger partial charge in [-0.25, -0.2) is 4.79 Å². The summed E-state index contributed by atoms with van der Waals surface area (Å²) in [6, 6.07) is 0. The predicted octanol–water partition coefficient (Wildman–Crippen LogP) is 1.04. The molecule has 0 aliphatic carbocycles. The quantitative estimate of drug-likeness (QED) is 0.726. The number of aryl methyl sites for hydroxylation is 3. The molecule has 0 saturated heterocycles. The zero-order chi connectivity index (χ0) is 16.2. The number of hydrogen-bond acceptors (Lipinski definition) is 3. The monoisotopic (exact) mass is 303 g/mol. The second-order valence-electron chi connectivity index (χ2n) is 6.26. The summed E-state index contributed by atoms with van der Waals surface area (Å²) in [6.07, 6.45) is 2.95. The Morgan fingerprint density at radius 1 is 1.18 bits per heavy atom. The summed E-state index contributed by atoms with van der Waals surface area (Å²) >= 11 is 0. The average Bonchev–Trinajstić information content (AvgIpc) is 2.95. The lowest BCUT2D eigenvalue weighted by molar-refractivity contribution is 0.517. The molecule has 7 nitrogen and oxygen atoms in total. The fourth-order valence-corrected chi connectivity index (χ4v) is 2.79. The lowest BCUT2D eigenvalue weighted by Gasteiger charge is -2.07. The van der Waals surface area contributed by atoms with E-state index in [4.69, 9.17) is 0 Å². The maximum Gasteiger partial charge on any atom is 0.332 e. The zero-order valence-electron chi connectivity index (χ0n) is 13.6. The maximum atomic E-state index is 12.4. The van der Waals surface area contributed by atoms with E-state index in [1.807, 2.05) is 13.1 Å². The van der Waals surface area contributed by atoms with Crippen LogP contribution in [0.2, 0.25) is 0 Å². The molecule has 0 saturated carbocycles. The van der Waals surface area contributed by atoms with Crippen molar-refractivity contribution in [3.63, 3.8) is 0 Å². The van der Waals surface area contributed by atoms with E-state index in [0.717, 1.165) is 23.2 Å². The molecule has 0 N–H and O–H groups in total. The Kier molecular flexibility index (Phi) is 3.23. The van der Waals surface area contributed by atoms with Crippen LogP contribution in [-0.4, -0.2) is 23.1 Å². The molecule has 7 heteroatoms. The minimum absolute atomic E-state index is 0.313. The van der Waals surface area contributed by atoms with Gasteiger partial charge in [0.05, 0.1) is 0 Å². The van der Waals surface area contributed by atoms with Crippen LogP contribution in [0.4, 0.5) is 0 Å². The first-order chi connectivity index (χ1) is 10.3. The molecule has 0 radical (unpaired) electrons. The summed E-state index contributed by atoms with van der Waals surface area (Å²) in [5, 5.41) is 0. The normalized spacial score (nSPS) is 12.1. The van der Waals surface area contributed by atoms with Gasteiger partial charge in [-0.2, -0.15) is 4.98 Å². The highest BCUT2D eigenvalue weighted by Crippen LogP contribution is 2.17. The van der Waals surface area contributed by atoms with Crippen LogP contribution in [0.3, 0.4) is 0 Å². The molecule has 3 heterocycles. The van der Waals surface area contributed by atoms with Crippen LogP contribution in [0.15, 0.2) is 15.8 Å². The molecule has 3 aromatic heterocycles. The van der Waals surface area contributed by atoms with Gasteiger partial charge in [0.15, 0.2) is 11.2 Å². The van der Waals surface area contributed by atoms with E-state index in [0.29, 0.717) is 22.9 Å². The molecule has 22 heavy (non-hydrogen) atoms. The second kappa shape index (κ2) is 4.86. The summed E-state index contributed by atoms with van der Waals surface area (Å²) in [5.74, 6) is 1.30. The Morgan fingerprint density at radius 3 is 2.50 bits per heavy atom. The minimum atomic E-state index is -0.358. The average molecular weight is 303 g/mol. The topological polar surface area (TPSA) is 66.2 Å². The molecule has 0 spiro atoms. The summed E-state index contributed by atoms with van der Waals surface area (Å²) < 4.78 is 6.44. The van der Waals surface area contributed by atoms with Crippen molar-refractivity contribution in [2.24, 2.45) is 20.0 Å². The van der Waals surface area contributed by atoms with Gasteiger partial charge in [0, 0.05) is 32.5 Å². The summed E-state index contributed by atoms with van der Waals surface area (Å²) in [5.41, 5.74) is 1.27. The molecule has 0 amide bonds.